The fraction of sp³-hybridized carbons (Fsp3) is 0.200. The quantitative estimate of drug-likeness (QED) is 0.327. The zero-order valence-electron chi connectivity index (χ0n) is 23.4. The Morgan fingerprint density at radius 1 is 0.744 bits per heavy atom. The molecule has 3 aliphatic rings. The molecule has 3 aliphatic heterocycles. The topological polar surface area (TPSA) is 93.5 Å². The van der Waals surface area contributed by atoms with Crippen molar-refractivity contribution in [2.75, 3.05) is 11.4 Å². The number of nitrogens with zero attached hydrogens (tertiary/aromatic N) is 4. The van der Waals surface area contributed by atoms with Crippen molar-refractivity contribution in [2.24, 2.45) is 4.99 Å². The average molecular weight is 571 g/mol. The first-order chi connectivity index (χ1) is 21.0. The number of aliphatic imine (C=N–C) groups is 1. The van der Waals surface area contributed by atoms with Crippen molar-refractivity contribution in [3.63, 3.8) is 0 Å². The predicted octanol–water partition coefficient (Wildman–Crippen LogP) is 5.97. The Morgan fingerprint density at radius 3 is 2.02 bits per heavy atom. The minimum absolute atomic E-state index is 0.121. The number of benzene rings is 4. The van der Waals surface area contributed by atoms with E-state index in [2.05, 4.69) is 4.99 Å². The van der Waals surface area contributed by atoms with Gasteiger partial charge in [-0.15, -0.1) is 0 Å². The van der Waals surface area contributed by atoms with Crippen LogP contribution in [-0.2, 0) is 9.59 Å². The van der Waals surface area contributed by atoms with Gasteiger partial charge in [-0.3, -0.25) is 14.7 Å². The molecule has 8 heteroatoms. The van der Waals surface area contributed by atoms with E-state index >= 15 is 0 Å². The van der Waals surface area contributed by atoms with Gasteiger partial charge in [-0.25, -0.2) is 9.59 Å². The molecule has 0 aliphatic carbocycles. The number of carboxylic acid groups (broad SMARTS) is 1. The Labute approximate surface area is 249 Å². The number of para-hydroxylation sites is 3. The van der Waals surface area contributed by atoms with Crippen molar-refractivity contribution in [1.29, 1.82) is 0 Å². The van der Waals surface area contributed by atoms with Crippen LogP contribution in [0.1, 0.15) is 35.4 Å². The second-order valence-electron chi connectivity index (χ2n) is 11.2. The number of carbonyl (C=O) groups is 3. The van der Waals surface area contributed by atoms with Crippen molar-refractivity contribution in [3.8, 4) is 0 Å². The number of anilines is 2. The van der Waals surface area contributed by atoms with Gasteiger partial charge in [0.1, 0.15) is 0 Å². The van der Waals surface area contributed by atoms with Crippen molar-refractivity contribution in [1.82, 2.24) is 9.80 Å². The summed E-state index contributed by atoms with van der Waals surface area (Å²) in [7, 11) is 0. The molecule has 0 spiro atoms. The van der Waals surface area contributed by atoms with Crippen molar-refractivity contribution in [2.45, 2.75) is 36.9 Å². The number of amides is 3. The minimum Gasteiger partial charge on any atom is -0.480 e. The van der Waals surface area contributed by atoms with E-state index in [1.807, 2.05) is 109 Å². The number of hydrogen-bond acceptors (Lipinski definition) is 4. The fourth-order valence-electron chi connectivity index (χ4n) is 6.87. The van der Waals surface area contributed by atoms with Gasteiger partial charge in [0.2, 0.25) is 5.91 Å². The zero-order chi connectivity index (χ0) is 29.5. The zero-order valence-corrected chi connectivity index (χ0v) is 23.4. The molecule has 2 saturated heterocycles. The monoisotopic (exact) mass is 570 g/mol. The molecule has 0 aromatic heterocycles. The normalized spacial score (nSPS) is 20.4. The third kappa shape index (κ3) is 4.55. The van der Waals surface area contributed by atoms with E-state index in [1.165, 1.54) is 4.90 Å². The second-order valence-corrected chi connectivity index (χ2v) is 11.2. The van der Waals surface area contributed by atoms with Gasteiger partial charge in [0.15, 0.2) is 6.04 Å². The van der Waals surface area contributed by atoms with Gasteiger partial charge in [-0.1, -0.05) is 91.0 Å². The highest BCUT2D eigenvalue weighted by Crippen LogP contribution is 2.42. The number of likely N-dealkylation sites (tertiary alicyclic amines) is 1. The first-order valence-corrected chi connectivity index (χ1v) is 14.5. The summed E-state index contributed by atoms with van der Waals surface area (Å²) in [5, 5.41) is 10.6. The van der Waals surface area contributed by atoms with Crippen LogP contribution in [-0.4, -0.2) is 63.7 Å². The summed E-state index contributed by atoms with van der Waals surface area (Å²) in [4.78, 5) is 51.4. The fourth-order valence-corrected chi connectivity index (χ4v) is 6.87. The molecule has 214 valence electrons. The van der Waals surface area contributed by atoms with E-state index in [-0.39, 0.29) is 18.5 Å². The van der Waals surface area contributed by atoms with Crippen LogP contribution >= 0.6 is 0 Å². The third-order valence-corrected chi connectivity index (χ3v) is 8.75. The van der Waals surface area contributed by atoms with Crippen LogP contribution in [0.15, 0.2) is 114 Å². The van der Waals surface area contributed by atoms with Crippen molar-refractivity contribution >= 4 is 41.2 Å². The van der Waals surface area contributed by atoms with Gasteiger partial charge in [-0.05, 0) is 42.2 Å². The van der Waals surface area contributed by atoms with E-state index in [0.29, 0.717) is 29.9 Å². The van der Waals surface area contributed by atoms with Gasteiger partial charge in [0.25, 0.3) is 0 Å². The molecule has 2 bridgehead atoms. The third-order valence-electron chi connectivity index (χ3n) is 8.75. The second kappa shape index (κ2) is 10.9. The van der Waals surface area contributed by atoms with Gasteiger partial charge < -0.3 is 14.9 Å². The summed E-state index contributed by atoms with van der Waals surface area (Å²) >= 11 is 0. The lowest BCUT2D eigenvalue weighted by Gasteiger charge is -2.47. The predicted molar refractivity (Wildman–Crippen MR) is 164 cm³/mol. The summed E-state index contributed by atoms with van der Waals surface area (Å²) in [6, 6.07) is 31.4. The molecule has 4 aromatic carbocycles. The van der Waals surface area contributed by atoms with E-state index in [0.717, 1.165) is 16.7 Å². The molecule has 3 amide bonds. The lowest BCUT2D eigenvalue weighted by atomic mass is 9.88. The number of carboxylic acids is 1. The highest BCUT2D eigenvalue weighted by Gasteiger charge is 2.54. The molecule has 8 nitrogen and oxygen atoms in total. The highest BCUT2D eigenvalue weighted by atomic mass is 16.4. The molecule has 7 rings (SSSR count). The maximum atomic E-state index is 14.5. The SMILES string of the molecule is O=C(O)[C@@H]1[C@H]2CC[C@@H](CN1C(=O)N1c3ccccc3C=Nc3ccccc31)N2C(=O)C(c1ccccc1)c1ccccc1. The molecule has 0 saturated carbocycles. The van der Waals surface area contributed by atoms with Gasteiger partial charge in [-0.2, -0.15) is 0 Å². The number of urea groups is 1. The van der Waals surface area contributed by atoms with Crippen molar-refractivity contribution in [3.05, 3.63) is 126 Å². The molecule has 2 fully saturated rings. The van der Waals surface area contributed by atoms with Crippen LogP contribution < -0.4 is 4.90 Å². The van der Waals surface area contributed by atoms with Crippen LogP contribution in [0, 0.1) is 0 Å². The van der Waals surface area contributed by atoms with Crippen LogP contribution in [0.4, 0.5) is 21.9 Å². The largest absolute Gasteiger partial charge is 0.480 e. The minimum atomic E-state index is -1.20. The molecule has 0 unspecified atom stereocenters. The molecule has 3 heterocycles. The molecule has 3 atom stereocenters. The van der Waals surface area contributed by atoms with E-state index in [1.54, 1.807) is 16.0 Å². The summed E-state index contributed by atoms with van der Waals surface area (Å²) in [5.41, 5.74) is 4.28. The van der Waals surface area contributed by atoms with Crippen LogP contribution in [0.5, 0.6) is 0 Å². The van der Waals surface area contributed by atoms with Crippen molar-refractivity contribution < 1.29 is 19.5 Å². The standard InChI is InChI=1S/C35H30N4O4/c40-33(31(23-11-3-1-4-12-23)24-13-5-2-6-14-24)38-26-19-20-30(38)32(34(41)42)37(22-26)35(43)39-28-17-9-7-15-25(28)21-36-27-16-8-10-18-29(27)39/h1-18,21,26,30-32H,19-20,22H2,(H,41,42)/t26-,30+,32-/m0/s1. The molecule has 4 aromatic rings. The van der Waals surface area contributed by atoms with Gasteiger partial charge >= 0.3 is 12.0 Å². The summed E-state index contributed by atoms with van der Waals surface area (Å²) < 4.78 is 0. The smallest absolute Gasteiger partial charge is 0.330 e. The Bertz CT molecular complexity index is 1640. The Hall–Kier alpha value is -5.24. The molecule has 0 radical (unpaired) electrons. The number of carbonyl (C=O) groups excluding carboxylic acids is 2. The van der Waals surface area contributed by atoms with Crippen LogP contribution in [0.25, 0.3) is 0 Å². The number of hydrogen-bond donors (Lipinski definition) is 1. The molecular weight excluding hydrogens is 540 g/mol. The number of aliphatic carboxylic acids is 1. The summed E-state index contributed by atoms with van der Waals surface area (Å²) in [5.74, 6) is -1.84. The Balaban J connectivity index is 1.27. The number of rotatable bonds is 4. The Kier molecular flexibility index (Phi) is 6.74. The summed E-state index contributed by atoms with van der Waals surface area (Å²) in [6.45, 7) is 0.121. The molecule has 43 heavy (non-hydrogen) atoms. The van der Waals surface area contributed by atoms with E-state index in [9.17, 15) is 19.5 Å². The lowest BCUT2D eigenvalue weighted by molar-refractivity contribution is -0.151. The number of fused-ring (bicyclic) bond motifs is 4. The lowest BCUT2D eigenvalue weighted by Crippen LogP contribution is -2.66. The van der Waals surface area contributed by atoms with Crippen LogP contribution in [0.2, 0.25) is 0 Å². The van der Waals surface area contributed by atoms with Crippen LogP contribution in [0.3, 0.4) is 0 Å². The molecular formula is C35H30N4O4. The van der Waals surface area contributed by atoms with Gasteiger partial charge in [0, 0.05) is 24.4 Å². The highest BCUT2D eigenvalue weighted by molar-refractivity contribution is 6.09. The number of piperazine rings is 1. The molecule has 1 N–H and O–H groups in total. The maximum Gasteiger partial charge on any atom is 0.330 e. The van der Waals surface area contributed by atoms with Gasteiger partial charge in [0.05, 0.1) is 29.0 Å². The maximum absolute atomic E-state index is 14.5. The average Bonchev–Trinajstić information content (AvgIpc) is 3.23. The summed E-state index contributed by atoms with van der Waals surface area (Å²) in [6.07, 6.45) is 2.85. The van der Waals surface area contributed by atoms with E-state index in [4.69, 9.17) is 0 Å². The first kappa shape index (κ1) is 26.6. The Morgan fingerprint density at radius 2 is 1.35 bits per heavy atom. The first-order valence-electron chi connectivity index (χ1n) is 14.5. The van der Waals surface area contributed by atoms with E-state index < -0.39 is 30.0 Å².